The molecular formula is C19H30N2. The largest absolute Gasteiger partial charge is 0.388 e. The topological polar surface area (TPSA) is 15.3 Å². The maximum atomic E-state index is 3.23. The summed E-state index contributed by atoms with van der Waals surface area (Å²) in [6.45, 7) is 11.3. The average molecular weight is 286 g/mol. The van der Waals surface area contributed by atoms with E-state index < -0.39 is 0 Å². The molecule has 21 heavy (non-hydrogen) atoms. The molecule has 2 heteroatoms. The summed E-state index contributed by atoms with van der Waals surface area (Å²) in [6, 6.07) is 8.83. The van der Waals surface area contributed by atoms with Gasteiger partial charge in [-0.2, -0.15) is 0 Å². The average Bonchev–Trinajstić information content (AvgIpc) is 2.63. The molecule has 2 bridgehead atoms. The van der Waals surface area contributed by atoms with Crippen LogP contribution in [0.5, 0.6) is 0 Å². The fourth-order valence-corrected chi connectivity index (χ4v) is 4.48. The Kier molecular flexibility index (Phi) is 3.77. The number of hydrogen-bond donors (Lipinski definition) is 1. The Morgan fingerprint density at radius 1 is 1.29 bits per heavy atom. The van der Waals surface area contributed by atoms with Gasteiger partial charge in [0, 0.05) is 32.4 Å². The van der Waals surface area contributed by atoms with Crippen LogP contribution in [0.3, 0.4) is 0 Å². The molecule has 1 saturated heterocycles. The van der Waals surface area contributed by atoms with Crippen molar-refractivity contribution in [2.24, 2.45) is 16.7 Å². The molecule has 1 aliphatic carbocycles. The lowest BCUT2D eigenvalue weighted by molar-refractivity contribution is -0.0169. The van der Waals surface area contributed by atoms with Crippen molar-refractivity contribution in [3.8, 4) is 0 Å². The summed E-state index contributed by atoms with van der Waals surface area (Å²) >= 11 is 0. The van der Waals surface area contributed by atoms with Crippen LogP contribution in [-0.2, 0) is 6.42 Å². The van der Waals surface area contributed by atoms with Gasteiger partial charge in [0.05, 0.1) is 0 Å². The molecule has 1 aromatic rings. The number of hydrogen-bond acceptors (Lipinski definition) is 2. The SMILES string of the molecule is CNc1cccc(CCN2CC3CC[C@](C)(C2)C3(C)C)c1. The third-order valence-corrected chi connectivity index (χ3v) is 6.60. The molecule has 2 atom stereocenters. The van der Waals surface area contributed by atoms with Crippen LogP contribution in [0.25, 0.3) is 0 Å². The van der Waals surface area contributed by atoms with Gasteiger partial charge in [0.25, 0.3) is 0 Å². The van der Waals surface area contributed by atoms with E-state index in [1.807, 2.05) is 7.05 Å². The van der Waals surface area contributed by atoms with Crippen molar-refractivity contribution in [3.05, 3.63) is 29.8 Å². The van der Waals surface area contributed by atoms with Crippen molar-refractivity contribution in [1.29, 1.82) is 0 Å². The Labute approximate surface area is 129 Å². The molecule has 2 nitrogen and oxygen atoms in total. The van der Waals surface area contributed by atoms with E-state index in [9.17, 15) is 0 Å². The highest BCUT2D eigenvalue weighted by Crippen LogP contribution is 2.58. The first kappa shape index (κ1) is 14.9. The predicted molar refractivity (Wildman–Crippen MR) is 90.7 cm³/mol. The lowest BCUT2D eigenvalue weighted by atomic mass is 9.63. The minimum atomic E-state index is 0.517. The molecule has 1 aromatic carbocycles. The minimum Gasteiger partial charge on any atom is -0.388 e. The first-order chi connectivity index (χ1) is 9.94. The lowest BCUT2D eigenvalue weighted by Crippen LogP contribution is -2.52. The van der Waals surface area contributed by atoms with Gasteiger partial charge in [-0.15, -0.1) is 0 Å². The normalized spacial score (nSPS) is 31.3. The minimum absolute atomic E-state index is 0.517. The third-order valence-electron chi connectivity index (χ3n) is 6.60. The van der Waals surface area contributed by atoms with Crippen molar-refractivity contribution >= 4 is 5.69 Å². The van der Waals surface area contributed by atoms with E-state index in [4.69, 9.17) is 0 Å². The smallest absolute Gasteiger partial charge is 0.0340 e. The summed E-state index contributed by atoms with van der Waals surface area (Å²) in [5.74, 6) is 0.889. The van der Waals surface area contributed by atoms with Crippen LogP contribution in [0.2, 0.25) is 0 Å². The number of rotatable bonds is 4. The van der Waals surface area contributed by atoms with Gasteiger partial charge < -0.3 is 10.2 Å². The standard InChI is InChI=1S/C19H30N2/c1-18(2)16-8-10-19(18,3)14-21(13-16)11-9-15-6-5-7-17(12-15)20-4/h5-7,12,16,20H,8-11,13-14H2,1-4H3/t16?,19-/m1/s1. The van der Waals surface area contributed by atoms with Gasteiger partial charge in [0.15, 0.2) is 0 Å². The zero-order valence-electron chi connectivity index (χ0n) is 14.1. The Morgan fingerprint density at radius 3 is 2.81 bits per heavy atom. The number of piperidine rings is 1. The van der Waals surface area contributed by atoms with Gasteiger partial charge in [-0.3, -0.25) is 0 Å². The highest BCUT2D eigenvalue weighted by atomic mass is 15.2. The van der Waals surface area contributed by atoms with Crippen LogP contribution in [0, 0.1) is 16.7 Å². The van der Waals surface area contributed by atoms with Gasteiger partial charge in [-0.25, -0.2) is 0 Å². The second-order valence-corrected chi connectivity index (χ2v) is 7.95. The maximum absolute atomic E-state index is 3.23. The summed E-state index contributed by atoms with van der Waals surface area (Å²) in [7, 11) is 1.99. The van der Waals surface area contributed by atoms with Crippen LogP contribution >= 0.6 is 0 Å². The molecule has 1 heterocycles. The lowest BCUT2D eigenvalue weighted by Gasteiger charge is -2.50. The van der Waals surface area contributed by atoms with Crippen molar-refractivity contribution in [3.63, 3.8) is 0 Å². The molecule has 3 rings (SSSR count). The highest BCUT2D eigenvalue weighted by molar-refractivity contribution is 5.45. The number of nitrogens with one attached hydrogen (secondary N) is 1. The van der Waals surface area contributed by atoms with Crippen molar-refractivity contribution < 1.29 is 0 Å². The van der Waals surface area contributed by atoms with E-state index in [0.29, 0.717) is 10.8 Å². The van der Waals surface area contributed by atoms with Gasteiger partial charge in [-0.1, -0.05) is 32.9 Å². The second kappa shape index (κ2) is 5.31. The fourth-order valence-electron chi connectivity index (χ4n) is 4.48. The Bertz CT molecular complexity index is 508. The Morgan fingerprint density at radius 2 is 2.10 bits per heavy atom. The monoisotopic (exact) mass is 286 g/mol. The van der Waals surface area contributed by atoms with Crippen LogP contribution in [0.1, 0.15) is 39.2 Å². The summed E-state index contributed by atoms with van der Waals surface area (Å²) < 4.78 is 0. The van der Waals surface area contributed by atoms with Crippen LogP contribution in [0.15, 0.2) is 24.3 Å². The van der Waals surface area contributed by atoms with Crippen LogP contribution in [-0.4, -0.2) is 31.6 Å². The van der Waals surface area contributed by atoms with E-state index in [0.717, 1.165) is 5.92 Å². The summed E-state index contributed by atoms with van der Waals surface area (Å²) in [5, 5.41) is 3.23. The van der Waals surface area contributed by atoms with Gasteiger partial charge in [0.1, 0.15) is 0 Å². The summed E-state index contributed by atoms with van der Waals surface area (Å²) in [5.41, 5.74) is 3.71. The van der Waals surface area contributed by atoms with Crippen LogP contribution in [0.4, 0.5) is 5.69 Å². The molecule has 0 amide bonds. The molecule has 1 unspecified atom stereocenters. The van der Waals surface area contributed by atoms with E-state index in [-0.39, 0.29) is 0 Å². The molecule has 1 saturated carbocycles. The highest BCUT2D eigenvalue weighted by Gasteiger charge is 2.55. The number of fused-ring (bicyclic) bond motifs is 2. The van der Waals surface area contributed by atoms with Gasteiger partial charge in [0.2, 0.25) is 0 Å². The molecular weight excluding hydrogens is 256 g/mol. The number of benzene rings is 1. The Balaban J connectivity index is 1.62. The Hall–Kier alpha value is -1.02. The van der Waals surface area contributed by atoms with E-state index >= 15 is 0 Å². The molecule has 0 spiro atoms. The van der Waals surface area contributed by atoms with Crippen molar-refractivity contribution in [2.45, 2.75) is 40.0 Å². The molecule has 1 aliphatic heterocycles. The number of likely N-dealkylation sites (tertiary alicyclic amines) is 1. The van der Waals surface area contributed by atoms with Crippen LogP contribution < -0.4 is 5.32 Å². The number of anilines is 1. The zero-order chi connectivity index (χ0) is 15.1. The zero-order valence-corrected chi connectivity index (χ0v) is 14.1. The fraction of sp³-hybridized carbons (Fsp3) is 0.684. The summed E-state index contributed by atoms with van der Waals surface area (Å²) in [6.07, 6.45) is 4.00. The van der Waals surface area contributed by atoms with Gasteiger partial charge >= 0.3 is 0 Å². The molecule has 0 aromatic heterocycles. The van der Waals surface area contributed by atoms with Crippen molar-refractivity contribution in [1.82, 2.24) is 4.90 Å². The molecule has 116 valence electrons. The molecule has 1 N–H and O–H groups in total. The summed E-state index contributed by atoms with van der Waals surface area (Å²) in [4.78, 5) is 2.72. The van der Waals surface area contributed by atoms with Gasteiger partial charge in [-0.05, 0) is 53.7 Å². The van der Waals surface area contributed by atoms with E-state index in [1.54, 1.807) is 0 Å². The molecule has 2 fully saturated rings. The second-order valence-electron chi connectivity index (χ2n) is 7.95. The van der Waals surface area contributed by atoms with E-state index in [1.165, 1.54) is 50.1 Å². The maximum Gasteiger partial charge on any atom is 0.0340 e. The third kappa shape index (κ3) is 2.59. The van der Waals surface area contributed by atoms with Crippen molar-refractivity contribution in [2.75, 3.05) is 32.0 Å². The molecule has 2 aliphatic rings. The predicted octanol–water partition coefficient (Wildman–Crippen LogP) is 4.03. The first-order valence-electron chi connectivity index (χ1n) is 8.44. The quantitative estimate of drug-likeness (QED) is 0.899. The van der Waals surface area contributed by atoms with E-state index in [2.05, 4.69) is 55.3 Å². The number of nitrogens with zero attached hydrogens (tertiary/aromatic N) is 1. The molecule has 0 radical (unpaired) electrons. The first-order valence-corrected chi connectivity index (χ1v) is 8.44.